The molecular weight excluding hydrogens is 220 g/mol. The fourth-order valence-corrected chi connectivity index (χ4v) is 2.77. The van der Waals surface area contributed by atoms with Crippen molar-refractivity contribution in [1.82, 2.24) is 0 Å². The molecule has 1 aromatic rings. The van der Waals surface area contributed by atoms with Gasteiger partial charge in [0.25, 0.3) is 0 Å². The van der Waals surface area contributed by atoms with Crippen molar-refractivity contribution in [2.45, 2.75) is 45.4 Å². The Morgan fingerprint density at radius 3 is 2.94 bits per heavy atom. The van der Waals surface area contributed by atoms with Crippen LogP contribution in [0.25, 0.3) is 0 Å². The molecule has 1 aliphatic heterocycles. The molecule has 0 fully saturated rings. The summed E-state index contributed by atoms with van der Waals surface area (Å²) in [6.07, 6.45) is 7.34. The van der Waals surface area contributed by atoms with Crippen molar-refractivity contribution in [1.29, 1.82) is 0 Å². The van der Waals surface area contributed by atoms with E-state index in [9.17, 15) is 0 Å². The van der Waals surface area contributed by atoms with Crippen molar-refractivity contribution in [2.75, 3.05) is 24.5 Å². The van der Waals surface area contributed by atoms with Gasteiger partial charge in [0.05, 0.1) is 0 Å². The average Bonchev–Trinajstić information content (AvgIpc) is 2.42. The minimum Gasteiger partial charge on any atom is -0.371 e. The lowest BCUT2D eigenvalue weighted by Crippen LogP contribution is -2.30. The number of nitrogens with zero attached hydrogens (tertiary/aromatic N) is 1. The van der Waals surface area contributed by atoms with Crippen LogP contribution in [-0.4, -0.2) is 19.6 Å². The van der Waals surface area contributed by atoms with Crippen LogP contribution in [0.2, 0.25) is 0 Å². The highest BCUT2D eigenvalue weighted by Gasteiger charge is 2.16. The molecule has 18 heavy (non-hydrogen) atoms. The van der Waals surface area contributed by atoms with E-state index in [-0.39, 0.29) is 0 Å². The monoisotopic (exact) mass is 246 g/mol. The smallest absolute Gasteiger partial charge is 0.0398 e. The largest absolute Gasteiger partial charge is 0.371 e. The summed E-state index contributed by atoms with van der Waals surface area (Å²) in [5.74, 6) is 0. The number of benzene rings is 1. The standard InChI is InChI=1S/C16H26N2/c1-2-3-11-18-12-5-7-15-13-14(6-4-10-17)8-9-16(15)18/h8-9,13H,2-7,10-12,17H2,1H3. The summed E-state index contributed by atoms with van der Waals surface area (Å²) in [6.45, 7) is 5.50. The van der Waals surface area contributed by atoms with Gasteiger partial charge in [-0.25, -0.2) is 0 Å². The van der Waals surface area contributed by atoms with Crippen LogP contribution in [0.1, 0.15) is 43.7 Å². The van der Waals surface area contributed by atoms with Crippen LogP contribution in [0.3, 0.4) is 0 Å². The molecule has 1 heterocycles. The third-order valence-electron chi connectivity index (χ3n) is 3.81. The number of nitrogens with two attached hydrogens (primary N) is 1. The maximum Gasteiger partial charge on any atom is 0.0398 e. The van der Waals surface area contributed by atoms with Crippen molar-refractivity contribution in [2.24, 2.45) is 5.73 Å². The van der Waals surface area contributed by atoms with Crippen molar-refractivity contribution in [3.63, 3.8) is 0 Å². The van der Waals surface area contributed by atoms with Crippen LogP contribution in [0.4, 0.5) is 5.69 Å². The second kappa shape index (κ2) is 6.79. The predicted molar refractivity (Wildman–Crippen MR) is 79.3 cm³/mol. The summed E-state index contributed by atoms with van der Waals surface area (Å²) in [5.41, 5.74) is 10.1. The summed E-state index contributed by atoms with van der Waals surface area (Å²) in [4.78, 5) is 2.56. The van der Waals surface area contributed by atoms with Gasteiger partial charge in [0.1, 0.15) is 0 Å². The van der Waals surface area contributed by atoms with E-state index in [1.54, 1.807) is 5.56 Å². The molecule has 0 aliphatic carbocycles. The van der Waals surface area contributed by atoms with Gasteiger partial charge < -0.3 is 10.6 Å². The molecule has 0 saturated carbocycles. The molecule has 0 saturated heterocycles. The molecule has 0 amide bonds. The van der Waals surface area contributed by atoms with E-state index in [0.29, 0.717) is 0 Å². The van der Waals surface area contributed by atoms with Gasteiger partial charge in [0.2, 0.25) is 0 Å². The summed E-state index contributed by atoms with van der Waals surface area (Å²) in [7, 11) is 0. The van der Waals surface area contributed by atoms with Gasteiger partial charge >= 0.3 is 0 Å². The zero-order valence-electron chi connectivity index (χ0n) is 11.6. The van der Waals surface area contributed by atoms with Gasteiger partial charge in [0.15, 0.2) is 0 Å². The lowest BCUT2D eigenvalue weighted by molar-refractivity contribution is 0.657. The highest BCUT2D eigenvalue weighted by molar-refractivity contribution is 5.56. The Balaban J connectivity index is 2.09. The van der Waals surface area contributed by atoms with Crippen molar-refractivity contribution in [3.8, 4) is 0 Å². The number of hydrogen-bond donors (Lipinski definition) is 1. The molecule has 1 aromatic carbocycles. The minimum atomic E-state index is 0.791. The maximum atomic E-state index is 5.58. The van der Waals surface area contributed by atoms with Crippen LogP contribution < -0.4 is 10.6 Å². The fourth-order valence-electron chi connectivity index (χ4n) is 2.77. The summed E-state index contributed by atoms with van der Waals surface area (Å²) >= 11 is 0. The van der Waals surface area contributed by atoms with Gasteiger partial charge in [-0.3, -0.25) is 0 Å². The molecule has 0 unspecified atom stereocenters. The van der Waals surface area contributed by atoms with Crippen molar-refractivity contribution < 1.29 is 0 Å². The maximum absolute atomic E-state index is 5.58. The van der Waals surface area contributed by atoms with E-state index in [2.05, 4.69) is 30.0 Å². The third kappa shape index (κ3) is 3.26. The first-order valence-electron chi connectivity index (χ1n) is 7.42. The highest BCUT2D eigenvalue weighted by Crippen LogP contribution is 2.28. The second-order valence-corrected chi connectivity index (χ2v) is 5.30. The van der Waals surface area contributed by atoms with Gasteiger partial charge in [-0.05, 0) is 55.8 Å². The molecule has 2 nitrogen and oxygen atoms in total. The Bertz CT molecular complexity index is 373. The second-order valence-electron chi connectivity index (χ2n) is 5.30. The number of anilines is 1. The van der Waals surface area contributed by atoms with E-state index in [4.69, 9.17) is 5.73 Å². The molecule has 100 valence electrons. The average molecular weight is 246 g/mol. The van der Waals surface area contributed by atoms with Crippen LogP contribution in [0, 0.1) is 0 Å². The number of unbranched alkanes of at least 4 members (excludes halogenated alkanes) is 1. The third-order valence-corrected chi connectivity index (χ3v) is 3.81. The molecule has 2 heteroatoms. The van der Waals surface area contributed by atoms with E-state index in [1.165, 1.54) is 50.0 Å². The van der Waals surface area contributed by atoms with E-state index in [1.807, 2.05) is 0 Å². The lowest BCUT2D eigenvalue weighted by Gasteiger charge is -2.31. The lowest BCUT2D eigenvalue weighted by atomic mass is 9.97. The first-order valence-corrected chi connectivity index (χ1v) is 7.42. The summed E-state index contributed by atoms with van der Waals surface area (Å²) in [5, 5.41) is 0. The number of hydrogen-bond acceptors (Lipinski definition) is 2. The van der Waals surface area contributed by atoms with E-state index < -0.39 is 0 Å². The van der Waals surface area contributed by atoms with Crippen LogP contribution in [0.15, 0.2) is 18.2 Å². The van der Waals surface area contributed by atoms with Gasteiger partial charge in [-0.2, -0.15) is 0 Å². The zero-order chi connectivity index (χ0) is 12.8. The Hall–Kier alpha value is -1.02. The van der Waals surface area contributed by atoms with Gasteiger partial charge in [0, 0.05) is 18.8 Å². The molecule has 0 bridgehead atoms. The topological polar surface area (TPSA) is 29.3 Å². The molecule has 2 rings (SSSR count). The van der Waals surface area contributed by atoms with Crippen LogP contribution in [-0.2, 0) is 12.8 Å². The van der Waals surface area contributed by atoms with Crippen molar-refractivity contribution >= 4 is 5.69 Å². The van der Waals surface area contributed by atoms with Crippen LogP contribution >= 0.6 is 0 Å². The van der Waals surface area contributed by atoms with E-state index in [0.717, 1.165) is 19.4 Å². The molecule has 2 N–H and O–H groups in total. The zero-order valence-corrected chi connectivity index (χ0v) is 11.6. The number of fused-ring (bicyclic) bond motifs is 1. The Morgan fingerprint density at radius 1 is 1.28 bits per heavy atom. The first kappa shape index (κ1) is 13.4. The first-order chi connectivity index (χ1) is 8.85. The predicted octanol–water partition coefficient (Wildman–Crippen LogP) is 3.13. The normalized spacial score (nSPS) is 14.7. The van der Waals surface area contributed by atoms with Gasteiger partial charge in [-0.1, -0.05) is 25.5 Å². The highest BCUT2D eigenvalue weighted by atomic mass is 15.1. The molecule has 1 aliphatic rings. The SMILES string of the molecule is CCCCN1CCCc2cc(CCCN)ccc21. The molecule has 0 radical (unpaired) electrons. The summed E-state index contributed by atoms with van der Waals surface area (Å²) in [6, 6.07) is 7.03. The van der Waals surface area contributed by atoms with Crippen LogP contribution in [0.5, 0.6) is 0 Å². The minimum absolute atomic E-state index is 0.791. The van der Waals surface area contributed by atoms with E-state index >= 15 is 0 Å². The molecule has 0 aromatic heterocycles. The van der Waals surface area contributed by atoms with Gasteiger partial charge in [-0.15, -0.1) is 0 Å². The summed E-state index contributed by atoms with van der Waals surface area (Å²) < 4.78 is 0. The molecule has 0 atom stereocenters. The number of aryl methyl sites for hydroxylation is 2. The Morgan fingerprint density at radius 2 is 2.17 bits per heavy atom. The number of rotatable bonds is 6. The quantitative estimate of drug-likeness (QED) is 0.835. The Kier molecular flexibility index (Phi) is 5.06. The molecular formula is C16H26N2. The fraction of sp³-hybridized carbons (Fsp3) is 0.625. The van der Waals surface area contributed by atoms with Crippen molar-refractivity contribution in [3.05, 3.63) is 29.3 Å². The Labute approximate surface area is 111 Å². The molecule has 0 spiro atoms.